The Kier molecular flexibility index (Phi) is 10.9. The number of hydrogen-bond acceptors (Lipinski definition) is 3. The highest BCUT2D eigenvalue weighted by Gasteiger charge is 2.02. The van der Waals surface area contributed by atoms with Gasteiger partial charge in [0.2, 0.25) is 0 Å². The zero-order valence-corrected chi connectivity index (χ0v) is 9.50. The molecule has 0 aromatic rings. The summed E-state index contributed by atoms with van der Waals surface area (Å²) in [5.41, 5.74) is 0. The summed E-state index contributed by atoms with van der Waals surface area (Å²) in [4.78, 5) is 0. The average molecular weight is 204 g/mol. The van der Waals surface area contributed by atoms with E-state index >= 15 is 0 Å². The van der Waals surface area contributed by atoms with Crippen LogP contribution >= 0.6 is 0 Å². The molecule has 0 saturated heterocycles. The maximum absolute atomic E-state index is 9.33. The van der Waals surface area contributed by atoms with Gasteiger partial charge >= 0.3 is 0 Å². The SMILES string of the molecule is CCCCCCOCC(O)COCC. The summed E-state index contributed by atoms with van der Waals surface area (Å²) in [6.07, 6.45) is 4.35. The molecule has 0 aliphatic carbocycles. The van der Waals surface area contributed by atoms with E-state index in [4.69, 9.17) is 9.47 Å². The largest absolute Gasteiger partial charge is 0.388 e. The van der Waals surface area contributed by atoms with Crippen molar-refractivity contribution in [3.8, 4) is 0 Å². The maximum Gasteiger partial charge on any atom is 0.101 e. The minimum Gasteiger partial charge on any atom is -0.388 e. The third kappa shape index (κ3) is 9.96. The summed E-state index contributed by atoms with van der Waals surface area (Å²) in [6.45, 7) is 6.28. The van der Waals surface area contributed by atoms with Gasteiger partial charge in [-0.25, -0.2) is 0 Å². The van der Waals surface area contributed by atoms with Crippen LogP contribution in [0.25, 0.3) is 0 Å². The van der Waals surface area contributed by atoms with Crippen molar-refractivity contribution in [3.63, 3.8) is 0 Å². The van der Waals surface area contributed by atoms with Crippen molar-refractivity contribution in [2.24, 2.45) is 0 Å². The molecule has 0 aromatic carbocycles. The molecule has 0 aromatic heterocycles. The first kappa shape index (κ1) is 13.9. The van der Waals surface area contributed by atoms with Crippen molar-refractivity contribution in [1.29, 1.82) is 0 Å². The second kappa shape index (κ2) is 11.0. The molecule has 0 fully saturated rings. The van der Waals surface area contributed by atoms with Crippen LogP contribution in [0.3, 0.4) is 0 Å². The lowest BCUT2D eigenvalue weighted by Gasteiger charge is -2.10. The van der Waals surface area contributed by atoms with Gasteiger partial charge in [-0.05, 0) is 13.3 Å². The monoisotopic (exact) mass is 204 g/mol. The van der Waals surface area contributed by atoms with Crippen LogP contribution < -0.4 is 0 Å². The molecule has 0 spiro atoms. The van der Waals surface area contributed by atoms with Crippen molar-refractivity contribution < 1.29 is 14.6 Å². The third-order valence-electron chi connectivity index (χ3n) is 1.97. The average Bonchev–Trinajstić information content (AvgIpc) is 2.20. The number of rotatable bonds is 10. The number of hydrogen-bond donors (Lipinski definition) is 1. The molecule has 1 atom stereocenters. The molecule has 86 valence electrons. The zero-order valence-electron chi connectivity index (χ0n) is 9.50. The number of aliphatic hydroxyl groups excluding tert-OH is 1. The van der Waals surface area contributed by atoms with E-state index in [-0.39, 0.29) is 0 Å². The van der Waals surface area contributed by atoms with Gasteiger partial charge in [-0.2, -0.15) is 0 Å². The Labute approximate surface area is 87.4 Å². The molecule has 0 rings (SSSR count). The van der Waals surface area contributed by atoms with Crippen LogP contribution in [0.15, 0.2) is 0 Å². The Morgan fingerprint density at radius 2 is 1.71 bits per heavy atom. The first-order chi connectivity index (χ1) is 6.81. The Balaban J connectivity index is 3.02. The fourth-order valence-corrected chi connectivity index (χ4v) is 1.15. The first-order valence-electron chi connectivity index (χ1n) is 5.64. The lowest BCUT2D eigenvalue weighted by atomic mass is 10.2. The van der Waals surface area contributed by atoms with Crippen molar-refractivity contribution in [2.45, 2.75) is 45.6 Å². The highest BCUT2D eigenvalue weighted by atomic mass is 16.5. The van der Waals surface area contributed by atoms with E-state index in [1.54, 1.807) is 0 Å². The molecule has 3 heteroatoms. The lowest BCUT2D eigenvalue weighted by molar-refractivity contribution is -0.0167. The number of unbranched alkanes of at least 4 members (excludes halogenated alkanes) is 3. The van der Waals surface area contributed by atoms with Gasteiger partial charge in [0.1, 0.15) is 6.10 Å². The molecule has 0 amide bonds. The van der Waals surface area contributed by atoms with Crippen LogP contribution in [0.2, 0.25) is 0 Å². The highest BCUT2D eigenvalue weighted by molar-refractivity contribution is 4.50. The predicted octanol–water partition coefficient (Wildman–Crippen LogP) is 1.98. The van der Waals surface area contributed by atoms with Gasteiger partial charge in [0.15, 0.2) is 0 Å². The molecule has 0 aliphatic rings. The van der Waals surface area contributed by atoms with Gasteiger partial charge in [-0.3, -0.25) is 0 Å². The van der Waals surface area contributed by atoms with Crippen LogP contribution in [0.4, 0.5) is 0 Å². The van der Waals surface area contributed by atoms with E-state index in [0.717, 1.165) is 13.0 Å². The van der Waals surface area contributed by atoms with E-state index in [2.05, 4.69) is 6.92 Å². The Morgan fingerprint density at radius 1 is 1.00 bits per heavy atom. The smallest absolute Gasteiger partial charge is 0.101 e. The summed E-state index contributed by atoms with van der Waals surface area (Å²) in [7, 11) is 0. The van der Waals surface area contributed by atoms with Gasteiger partial charge in [-0.1, -0.05) is 26.2 Å². The molecule has 14 heavy (non-hydrogen) atoms. The van der Waals surface area contributed by atoms with Gasteiger partial charge in [-0.15, -0.1) is 0 Å². The summed E-state index contributed by atoms with van der Waals surface area (Å²) < 4.78 is 10.4. The standard InChI is InChI=1S/C11H24O3/c1-3-5-6-7-8-14-10-11(12)9-13-4-2/h11-12H,3-10H2,1-2H3. The number of aliphatic hydroxyl groups is 1. The molecule has 0 radical (unpaired) electrons. The lowest BCUT2D eigenvalue weighted by Crippen LogP contribution is -2.21. The molecular weight excluding hydrogens is 180 g/mol. The van der Waals surface area contributed by atoms with Crippen LogP contribution in [-0.2, 0) is 9.47 Å². The molecule has 1 unspecified atom stereocenters. The van der Waals surface area contributed by atoms with Crippen LogP contribution in [0.5, 0.6) is 0 Å². The minimum atomic E-state index is -0.471. The summed E-state index contributed by atoms with van der Waals surface area (Å²) >= 11 is 0. The summed E-state index contributed by atoms with van der Waals surface area (Å²) in [5, 5.41) is 9.33. The van der Waals surface area contributed by atoms with E-state index < -0.39 is 6.10 Å². The van der Waals surface area contributed by atoms with E-state index in [9.17, 15) is 5.11 Å². The van der Waals surface area contributed by atoms with Gasteiger partial charge in [0, 0.05) is 13.2 Å². The molecule has 0 bridgehead atoms. The Morgan fingerprint density at radius 3 is 2.36 bits per heavy atom. The minimum absolute atomic E-state index is 0.380. The maximum atomic E-state index is 9.33. The third-order valence-corrected chi connectivity index (χ3v) is 1.97. The molecular formula is C11H24O3. The Hall–Kier alpha value is -0.120. The van der Waals surface area contributed by atoms with Gasteiger partial charge < -0.3 is 14.6 Å². The van der Waals surface area contributed by atoms with Crippen molar-refractivity contribution in [1.82, 2.24) is 0 Å². The normalized spacial score (nSPS) is 13.1. The molecule has 3 nitrogen and oxygen atoms in total. The molecule has 1 N–H and O–H groups in total. The van der Waals surface area contributed by atoms with Crippen LogP contribution in [0.1, 0.15) is 39.5 Å². The van der Waals surface area contributed by atoms with E-state index in [0.29, 0.717) is 19.8 Å². The summed E-state index contributed by atoms with van der Waals surface area (Å²) in [5.74, 6) is 0. The second-order valence-electron chi connectivity index (χ2n) is 3.45. The first-order valence-corrected chi connectivity index (χ1v) is 5.64. The fraction of sp³-hybridized carbons (Fsp3) is 1.00. The molecule has 0 aliphatic heterocycles. The highest BCUT2D eigenvalue weighted by Crippen LogP contribution is 1.99. The fourth-order valence-electron chi connectivity index (χ4n) is 1.15. The molecule has 0 saturated carbocycles. The predicted molar refractivity (Wildman–Crippen MR) is 57.5 cm³/mol. The van der Waals surface area contributed by atoms with Gasteiger partial charge in [0.25, 0.3) is 0 Å². The van der Waals surface area contributed by atoms with Crippen molar-refractivity contribution in [3.05, 3.63) is 0 Å². The van der Waals surface area contributed by atoms with Crippen molar-refractivity contribution >= 4 is 0 Å². The zero-order chi connectivity index (χ0) is 10.6. The molecule has 0 heterocycles. The Bertz CT molecular complexity index is 107. The number of ether oxygens (including phenoxy) is 2. The second-order valence-corrected chi connectivity index (χ2v) is 3.45. The van der Waals surface area contributed by atoms with E-state index in [1.807, 2.05) is 6.92 Å². The quantitative estimate of drug-likeness (QED) is 0.553. The van der Waals surface area contributed by atoms with E-state index in [1.165, 1.54) is 19.3 Å². The van der Waals surface area contributed by atoms with Gasteiger partial charge in [0.05, 0.1) is 13.2 Å². The van der Waals surface area contributed by atoms with Crippen molar-refractivity contribution in [2.75, 3.05) is 26.4 Å². The van der Waals surface area contributed by atoms with Crippen LogP contribution in [-0.4, -0.2) is 37.6 Å². The topological polar surface area (TPSA) is 38.7 Å². The summed E-state index contributed by atoms with van der Waals surface area (Å²) in [6, 6.07) is 0. The van der Waals surface area contributed by atoms with Crippen LogP contribution in [0, 0.1) is 0 Å².